The summed E-state index contributed by atoms with van der Waals surface area (Å²) in [6.45, 7) is 6.36. The molecule has 0 atom stereocenters. The van der Waals surface area contributed by atoms with E-state index in [-0.39, 0.29) is 15.6 Å². The monoisotopic (exact) mass is 511 g/mol. The molecule has 0 amide bonds. The number of benzene rings is 1. The number of hydrogen-bond acceptors (Lipinski definition) is 5. The maximum absolute atomic E-state index is 6.10. The predicted octanol–water partition coefficient (Wildman–Crippen LogP) is 7.01. The van der Waals surface area contributed by atoms with Gasteiger partial charge in [-0.2, -0.15) is 0 Å². The van der Waals surface area contributed by atoms with Crippen molar-refractivity contribution in [2.45, 2.75) is 39.5 Å². The fourth-order valence-corrected chi connectivity index (χ4v) is 2.81. The highest BCUT2D eigenvalue weighted by molar-refractivity contribution is 6.56. The lowest BCUT2D eigenvalue weighted by Crippen LogP contribution is -2.06. The smallest absolute Gasteiger partial charge is 0.138 e. The minimum absolute atomic E-state index is 0.153. The van der Waals surface area contributed by atoms with Gasteiger partial charge >= 0.3 is 0 Å². The van der Waals surface area contributed by atoms with Gasteiger partial charge in [-0.15, -0.1) is 0 Å². The molecule has 0 saturated heterocycles. The molecule has 0 bridgehead atoms. The molecule has 31 heavy (non-hydrogen) atoms. The highest BCUT2D eigenvalue weighted by atomic mass is 35.5. The number of ether oxygens (including phenoxy) is 3. The van der Waals surface area contributed by atoms with Gasteiger partial charge in [0.25, 0.3) is 0 Å². The molecule has 1 aromatic carbocycles. The van der Waals surface area contributed by atoms with E-state index in [1.165, 1.54) is 6.08 Å². The first-order valence-corrected chi connectivity index (χ1v) is 11.6. The Labute approximate surface area is 204 Å². The molecule has 0 aromatic heterocycles. The molecule has 0 heterocycles. The quantitative estimate of drug-likeness (QED) is 0.136. The van der Waals surface area contributed by atoms with Gasteiger partial charge in [-0.25, -0.2) is 0 Å². The van der Waals surface area contributed by atoms with E-state index in [1.54, 1.807) is 12.3 Å². The van der Waals surface area contributed by atoms with E-state index in [9.17, 15) is 0 Å². The van der Waals surface area contributed by atoms with Gasteiger partial charge in [0.2, 0.25) is 0 Å². The maximum Gasteiger partial charge on any atom is 0.138 e. The van der Waals surface area contributed by atoms with Crippen molar-refractivity contribution >= 4 is 52.6 Å². The topological polar surface area (TPSA) is 49.3 Å². The number of halogens is 4. The molecule has 0 fully saturated rings. The van der Waals surface area contributed by atoms with Gasteiger partial charge in [0.15, 0.2) is 0 Å². The van der Waals surface area contributed by atoms with Crippen LogP contribution in [0, 0.1) is 0 Å². The Bertz CT molecular complexity index is 705. The van der Waals surface area contributed by atoms with Gasteiger partial charge in [-0.05, 0) is 61.1 Å². The third kappa shape index (κ3) is 13.1. The van der Waals surface area contributed by atoms with E-state index < -0.39 is 0 Å². The summed E-state index contributed by atoms with van der Waals surface area (Å²) in [5.41, 5.74) is 2.24. The zero-order chi connectivity index (χ0) is 22.9. The molecule has 0 aliphatic carbocycles. The van der Waals surface area contributed by atoms with Crippen molar-refractivity contribution < 1.29 is 19.0 Å². The van der Waals surface area contributed by atoms with Crippen LogP contribution in [-0.2, 0) is 22.4 Å². The average Bonchev–Trinajstić information content (AvgIpc) is 2.74. The Morgan fingerprint density at radius 3 is 2.06 bits per heavy atom. The number of oxime groups is 1. The predicted molar refractivity (Wildman–Crippen MR) is 130 cm³/mol. The molecule has 5 nitrogen and oxygen atoms in total. The fourth-order valence-electron chi connectivity index (χ4n) is 2.56. The molecule has 1 rings (SSSR count). The first-order chi connectivity index (χ1) is 15.0. The van der Waals surface area contributed by atoms with Gasteiger partial charge in [-0.1, -0.05) is 65.4 Å². The highest BCUT2D eigenvalue weighted by Crippen LogP contribution is 2.31. The molecule has 0 saturated carbocycles. The van der Waals surface area contributed by atoms with E-state index in [0.717, 1.165) is 48.3 Å². The zero-order valence-corrected chi connectivity index (χ0v) is 20.9. The molecule has 0 aliphatic rings. The molecular formula is C22H29Cl4NO4. The number of aryl methyl sites for hydroxylation is 2. The van der Waals surface area contributed by atoms with Crippen LogP contribution in [0.2, 0.25) is 0 Å². The van der Waals surface area contributed by atoms with Crippen molar-refractivity contribution in [2.24, 2.45) is 5.16 Å². The van der Waals surface area contributed by atoms with Gasteiger partial charge in [0.1, 0.15) is 33.7 Å². The van der Waals surface area contributed by atoms with E-state index in [0.29, 0.717) is 26.4 Å². The molecule has 9 heteroatoms. The van der Waals surface area contributed by atoms with E-state index >= 15 is 0 Å². The second kappa shape index (κ2) is 17.4. The molecule has 1 aromatic rings. The minimum Gasteiger partial charge on any atom is -0.493 e. The molecule has 0 aliphatic heterocycles. The molecule has 174 valence electrons. The van der Waals surface area contributed by atoms with Crippen LogP contribution in [0.4, 0.5) is 0 Å². The lowest BCUT2D eigenvalue weighted by molar-refractivity contribution is 0.150. The van der Waals surface area contributed by atoms with E-state index in [1.807, 2.05) is 12.1 Å². The Morgan fingerprint density at radius 1 is 0.839 bits per heavy atom. The summed E-state index contributed by atoms with van der Waals surface area (Å²) in [5, 5.41) is 3.73. The van der Waals surface area contributed by atoms with E-state index in [2.05, 4.69) is 19.0 Å². The Balaban J connectivity index is 2.36. The summed E-state index contributed by atoms with van der Waals surface area (Å²) in [5.74, 6) is 1.73. The second-order valence-electron chi connectivity index (χ2n) is 6.29. The van der Waals surface area contributed by atoms with Gasteiger partial charge in [0, 0.05) is 6.61 Å². The first-order valence-electron chi connectivity index (χ1n) is 10.1. The van der Waals surface area contributed by atoms with Gasteiger partial charge in [-0.3, -0.25) is 0 Å². The molecular weight excluding hydrogens is 484 g/mol. The normalized spacial score (nSPS) is 10.8. The second-order valence-corrected chi connectivity index (χ2v) is 8.31. The maximum atomic E-state index is 6.10. The number of nitrogens with zero attached hydrogens (tertiary/aromatic N) is 1. The van der Waals surface area contributed by atoms with Crippen LogP contribution in [0.3, 0.4) is 0 Å². The van der Waals surface area contributed by atoms with Gasteiger partial charge < -0.3 is 19.0 Å². The van der Waals surface area contributed by atoms with Crippen molar-refractivity contribution in [1.82, 2.24) is 0 Å². The van der Waals surface area contributed by atoms with Gasteiger partial charge in [0.05, 0.1) is 19.4 Å². The van der Waals surface area contributed by atoms with Crippen molar-refractivity contribution in [3.8, 4) is 11.5 Å². The van der Waals surface area contributed by atoms with Crippen molar-refractivity contribution in [1.29, 1.82) is 0 Å². The third-order valence-electron chi connectivity index (χ3n) is 4.05. The Kier molecular flexibility index (Phi) is 15.7. The number of rotatable bonds is 16. The first kappa shape index (κ1) is 27.9. The van der Waals surface area contributed by atoms with Crippen molar-refractivity contribution in [3.63, 3.8) is 0 Å². The van der Waals surface area contributed by atoms with Crippen LogP contribution in [0.5, 0.6) is 11.5 Å². The summed E-state index contributed by atoms with van der Waals surface area (Å²) in [6, 6.07) is 4.01. The Hall–Kier alpha value is -1.11. The van der Waals surface area contributed by atoms with E-state index in [4.69, 9.17) is 65.5 Å². The fraction of sp³-hybridized carbons (Fsp3) is 0.500. The van der Waals surface area contributed by atoms with Crippen LogP contribution in [0.25, 0.3) is 0 Å². The highest BCUT2D eigenvalue weighted by Gasteiger charge is 2.11. The van der Waals surface area contributed by atoms with Crippen LogP contribution in [-0.4, -0.2) is 39.2 Å². The van der Waals surface area contributed by atoms with Crippen molar-refractivity contribution in [3.05, 3.63) is 44.4 Å². The number of unbranched alkanes of at least 4 members (excludes halogenated alkanes) is 1. The van der Waals surface area contributed by atoms with Crippen LogP contribution < -0.4 is 9.47 Å². The summed E-state index contributed by atoms with van der Waals surface area (Å²) in [7, 11) is 0. The lowest BCUT2D eigenvalue weighted by Gasteiger charge is -2.17. The van der Waals surface area contributed by atoms with Crippen LogP contribution >= 0.6 is 46.4 Å². The SMILES string of the molecule is CCc1cc(OCC=C(Cl)Cl)cc(CC)c1OCCCCOC/C=N/OCC=C(Cl)Cl. The summed E-state index contributed by atoms with van der Waals surface area (Å²) < 4.78 is 17.7. The third-order valence-corrected chi connectivity index (χ3v) is 4.67. The average molecular weight is 513 g/mol. The largest absolute Gasteiger partial charge is 0.493 e. The minimum atomic E-state index is 0.153. The summed E-state index contributed by atoms with van der Waals surface area (Å²) in [4.78, 5) is 4.92. The lowest BCUT2D eigenvalue weighted by atomic mass is 10.0. The van der Waals surface area contributed by atoms with Crippen molar-refractivity contribution in [2.75, 3.05) is 33.0 Å². The molecule has 0 unspecified atom stereocenters. The van der Waals surface area contributed by atoms with Crippen LogP contribution in [0.15, 0.2) is 38.4 Å². The Morgan fingerprint density at radius 2 is 1.45 bits per heavy atom. The number of hydrogen-bond donors (Lipinski definition) is 0. The zero-order valence-electron chi connectivity index (χ0n) is 17.8. The molecule has 0 N–H and O–H groups in total. The molecule has 0 radical (unpaired) electrons. The van der Waals surface area contributed by atoms with Crippen LogP contribution in [0.1, 0.15) is 37.8 Å². The molecule has 0 spiro atoms. The standard InChI is InChI=1S/C22H29Cl4NO4/c1-3-17-15-19(29-12-7-20(23)24)16-18(4-2)22(17)30-11-6-5-10-28-14-9-27-31-13-8-21(25)26/h7-9,15-16H,3-6,10-14H2,1-2H3/b27-9+. The summed E-state index contributed by atoms with van der Waals surface area (Å²) >= 11 is 22.2. The summed E-state index contributed by atoms with van der Waals surface area (Å²) in [6.07, 6.45) is 8.14.